The van der Waals surface area contributed by atoms with Crippen LogP contribution in [0.4, 0.5) is 0 Å². The van der Waals surface area contributed by atoms with Gasteiger partial charge in [0.1, 0.15) is 0 Å². The van der Waals surface area contributed by atoms with E-state index in [1.165, 1.54) is 23.7 Å². The van der Waals surface area contributed by atoms with Crippen LogP contribution in [0.1, 0.15) is 24.3 Å². The molecule has 8 heteroatoms. The summed E-state index contributed by atoms with van der Waals surface area (Å²) in [4.78, 5) is 19.7. The topological polar surface area (TPSA) is 90.6 Å². The third kappa shape index (κ3) is 2.30. The van der Waals surface area contributed by atoms with Crippen molar-refractivity contribution in [3.05, 3.63) is 24.2 Å². The Hall–Kier alpha value is -1.96. The van der Waals surface area contributed by atoms with Crippen LogP contribution >= 0.6 is 0 Å². The van der Waals surface area contributed by atoms with Gasteiger partial charge in [-0.25, -0.2) is 23.2 Å². The average Bonchev–Trinajstić information content (AvgIpc) is 2.79. The smallest absolute Gasteiger partial charge is 0.360 e. The molecule has 0 amide bonds. The summed E-state index contributed by atoms with van der Waals surface area (Å²) in [6.07, 6.45) is 2.97. The van der Waals surface area contributed by atoms with Crippen LogP contribution in [0.2, 0.25) is 0 Å². The number of fused-ring (bicyclic) bond motifs is 1. The van der Waals surface area contributed by atoms with E-state index < -0.39 is 15.8 Å². The third-order valence-electron chi connectivity index (χ3n) is 2.50. The maximum Gasteiger partial charge on any atom is 0.360 e. The van der Waals surface area contributed by atoms with Gasteiger partial charge in [-0.3, -0.25) is 4.40 Å². The predicted octanol–water partition coefficient (Wildman–Crippen LogP) is 0.700. The fourth-order valence-corrected chi connectivity index (χ4v) is 2.77. The van der Waals surface area contributed by atoms with Gasteiger partial charge in [0, 0.05) is 12.4 Å². The number of carbonyl (C=O) groups excluding carboxylic acids is 1. The number of hydrogen-bond donors (Lipinski definition) is 0. The van der Waals surface area contributed by atoms with Gasteiger partial charge >= 0.3 is 5.97 Å². The summed E-state index contributed by atoms with van der Waals surface area (Å²) >= 11 is 0. The highest BCUT2D eigenvalue weighted by molar-refractivity contribution is 7.91. The number of sulfone groups is 1. The van der Waals surface area contributed by atoms with Crippen molar-refractivity contribution in [2.75, 3.05) is 12.4 Å². The summed E-state index contributed by atoms with van der Waals surface area (Å²) in [5.74, 6) is -0.750. The summed E-state index contributed by atoms with van der Waals surface area (Å²) in [7, 11) is -3.62. The third-order valence-corrected chi connectivity index (χ3v) is 4.24. The maximum absolute atomic E-state index is 12.1. The van der Waals surface area contributed by atoms with E-state index in [0.717, 1.165) is 0 Å². The molecule has 0 spiro atoms. The highest BCUT2D eigenvalue weighted by atomic mass is 32.2. The number of ether oxygens (including phenoxy) is 1. The van der Waals surface area contributed by atoms with E-state index in [1.807, 2.05) is 0 Å². The summed E-state index contributed by atoms with van der Waals surface area (Å²) in [6, 6.07) is 1.57. The maximum atomic E-state index is 12.1. The molecule has 0 N–H and O–H groups in total. The lowest BCUT2D eigenvalue weighted by molar-refractivity contribution is 0.0515. The van der Waals surface area contributed by atoms with Crippen molar-refractivity contribution in [1.82, 2.24) is 14.4 Å². The first-order valence-electron chi connectivity index (χ1n) is 5.74. The largest absolute Gasteiger partial charge is 0.461 e. The molecule has 0 aliphatic heterocycles. The Balaban J connectivity index is 2.76. The van der Waals surface area contributed by atoms with Gasteiger partial charge in [0.2, 0.25) is 5.78 Å². The van der Waals surface area contributed by atoms with Crippen molar-refractivity contribution in [3.63, 3.8) is 0 Å². The van der Waals surface area contributed by atoms with E-state index in [1.54, 1.807) is 13.0 Å². The number of esters is 1. The fourth-order valence-electron chi connectivity index (χ4n) is 1.63. The van der Waals surface area contributed by atoms with Crippen LogP contribution in [0.5, 0.6) is 0 Å². The molecule has 0 bridgehead atoms. The zero-order valence-corrected chi connectivity index (χ0v) is 11.3. The zero-order chi connectivity index (χ0) is 14.0. The fraction of sp³-hybridized carbons (Fsp3) is 0.364. The molecular formula is C11H13N3O4S. The average molecular weight is 283 g/mol. The lowest BCUT2D eigenvalue weighted by Crippen LogP contribution is -2.14. The minimum atomic E-state index is -3.62. The lowest BCUT2D eigenvalue weighted by atomic mass is 10.5. The molecule has 0 saturated carbocycles. The van der Waals surface area contributed by atoms with Gasteiger partial charge in [-0.05, 0) is 13.0 Å². The molecule has 2 heterocycles. The van der Waals surface area contributed by atoms with Crippen LogP contribution < -0.4 is 0 Å². The van der Waals surface area contributed by atoms with Gasteiger partial charge in [0.25, 0.3) is 0 Å². The second-order valence-electron chi connectivity index (χ2n) is 3.68. The highest BCUT2D eigenvalue weighted by Crippen LogP contribution is 2.19. The minimum absolute atomic E-state index is 0.137. The molecule has 19 heavy (non-hydrogen) atoms. The molecule has 102 valence electrons. The van der Waals surface area contributed by atoms with Gasteiger partial charge in [-0.2, -0.15) is 0 Å². The second kappa shape index (κ2) is 4.96. The Kier molecular flexibility index (Phi) is 3.52. The Morgan fingerprint density at radius 3 is 2.79 bits per heavy atom. The zero-order valence-electron chi connectivity index (χ0n) is 10.5. The summed E-state index contributed by atoms with van der Waals surface area (Å²) in [6.45, 7) is 3.28. The first kappa shape index (κ1) is 13.5. The van der Waals surface area contributed by atoms with E-state index in [4.69, 9.17) is 4.74 Å². The quantitative estimate of drug-likeness (QED) is 0.767. The van der Waals surface area contributed by atoms with E-state index >= 15 is 0 Å². The van der Waals surface area contributed by atoms with Crippen LogP contribution in [0, 0.1) is 0 Å². The summed E-state index contributed by atoms with van der Waals surface area (Å²) in [5.41, 5.74) is -0.220. The van der Waals surface area contributed by atoms with Gasteiger partial charge < -0.3 is 4.74 Å². The second-order valence-corrected chi connectivity index (χ2v) is 5.87. The molecule has 0 saturated heterocycles. The molecule has 0 unspecified atom stereocenters. The first-order valence-corrected chi connectivity index (χ1v) is 7.39. The number of hydrogen-bond acceptors (Lipinski definition) is 6. The van der Waals surface area contributed by atoms with Gasteiger partial charge in [-0.1, -0.05) is 6.92 Å². The summed E-state index contributed by atoms with van der Waals surface area (Å²) < 4.78 is 30.3. The van der Waals surface area contributed by atoms with Crippen LogP contribution in [-0.2, 0) is 14.6 Å². The lowest BCUT2D eigenvalue weighted by Gasteiger charge is -2.04. The van der Waals surface area contributed by atoms with E-state index in [9.17, 15) is 13.2 Å². The normalized spacial score (nSPS) is 11.7. The molecule has 7 nitrogen and oxygen atoms in total. The van der Waals surface area contributed by atoms with E-state index in [-0.39, 0.29) is 28.9 Å². The van der Waals surface area contributed by atoms with Crippen LogP contribution in [0.25, 0.3) is 5.78 Å². The molecule has 0 fully saturated rings. The van der Waals surface area contributed by atoms with Crippen LogP contribution in [0.15, 0.2) is 23.5 Å². The molecule has 0 aromatic carbocycles. The van der Waals surface area contributed by atoms with Crippen molar-refractivity contribution >= 4 is 21.6 Å². The van der Waals surface area contributed by atoms with Crippen LogP contribution in [0.3, 0.4) is 0 Å². The highest BCUT2D eigenvalue weighted by Gasteiger charge is 2.29. The Morgan fingerprint density at radius 1 is 1.42 bits per heavy atom. The van der Waals surface area contributed by atoms with Gasteiger partial charge in [-0.15, -0.1) is 0 Å². The molecule has 2 rings (SSSR count). The predicted molar refractivity (Wildman–Crippen MR) is 66.7 cm³/mol. The van der Waals surface area contributed by atoms with Crippen molar-refractivity contribution in [2.45, 2.75) is 18.9 Å². The Morgan fingerprint density at radius 2 is 2.16 bits per heavy atom. The van der Waals surface area contributed by atoms with E-state index in [0.29, 0.717) is 0 Å². The number of imidazole rings is 1. The molecular weight excluding hydrogens is 270 g/mol. The first-order chi connectivity index (χ1) is 9.01. The van der Waals surface area contributed by atoms with Crippen molar-refractivity contribution in [2.24, 2.45) is 0 Å². The van der Waals surface area contributed by atoms with Crippen LogP contribution in [-0.4, -0.2) is 41.1 Å². The SMILES string of the molecule is CCOC(=O)c1nc2ncccn2c1S(=O)(=O)CC. The molecule has 0 aliphatic carbocycles. The van der Waals surface area contributed by atoms with Crippen molar-refractivity contribution in [3.8, 4) is 0 Å². The van der Waals surface area contributed by atoms with Crippen molar-refractivity contribution < 1.29 is 17.9 Å². The Labute approximate surface area is 110 Å². The van der Waals surface area contributed by atoms with Gasteiger partial charge in [0.15, 0.2) is 20.6 Å². The molecule has 2 aromatic rings. The van der Waals surface area contributed by atoms with Gasteiger partial charge in [0.05, 0.1) is 12.4 Å². The summed E-state index contributed by atoms with van der Waals surface area (Å²) in [5, 5.41) is -0.170. The molecule has 0 atom stereocenters. The number of rotatable bonds is 4. The van der Waals surface area contributed by atoms with Crippen molar-refractivity contribution in [1.29, 1.82) is 0 Å². The molecule has 2 aromatic heterocycles. The number of nitrogens with zero attached hydrogens (tertiary/aromatic N) is 3. The standard InChI is InChI=1S/C11H13N3O4S/c1-3-18-10(15)8-9(19(16,17)4-2)14-7-5-6-12-11(14)13-8/h5-7H,3-4H2,1-2H3. The molecule has 0 aliphatic rings. The monoisotopic (exact) mass is 283 g/mol. The Bertz CT molecular complexity index is 721. The van der Waals surface area contributed by atoms with E-state index in [2.05, 4.69) is 9.97 Å². The molecule has 0 radical (unpaired) electrons. The minimum Gasteiger partial charge on any atom is -0.461 e. The number of aromatic nitrogens is 3. The number of carbonyl (C=O) groups is 1.